The predicted octanol–water partition coefficient (Wildman–Crippen LogP) is 1.71. The Morgan fingerprint density at radius 1 is 1.17 bits per heavy atom. The van der Waals surface area contributed by atoms with Crippen molar-refractivity contribution in [1.29, 1.82) is 0 Å². The number of aliphatic carboxylic acids is 1. The molecule has 1 atom stereocenters. The van der Waals surface area contributed by atoms with Gasteiger partial charge in [0.15, 0.2) is 5.54 Å². The Morgan fingerprint density at radius 3 is 2.13 bits per heavy atom. The maximum Gasteiger partial charge on any atom is 0.408 e. The summed E-state index contributed by atoms with van der Waals surface area (Å²) in [6, 6.07) is 8.70. The quantitative estimate of drug-likeness (QED) is 0.577. The minimum Gasteiger partial charge on any atom is -0.479 e. The lowest BCUT2D eigenvalue weighted by molar-refractivity contribution is -0.145. The number of carboxylic acids is 1. The molecule has 1 aromatic carbocycles. The molecule has 0 spiro atoms. The zero-order valence-corrected chi connectivity index (χ0v) is 13.9. The number of hydrogen-bond acceptors (Lipinski definition) is 4. The smallest absolute Gasteiger partial charge is 0.408 e. The lowest BCUT2D eigenvalue weighted by Gasteiger charge is -2.40. The van der Waals surface area contributed by atoms with Crippen LogP contribution < -0.4 is 5.32 Å². The van der Waals surface area contributed by atoms with Crippen LogP contribution in [-0.2, 0) is 20.7 Å². The highest BCUT2D eigenvalue weighted by Gasteiger charge is 2.58. The van der Waals surface area contributed by atoms with Crippen molar-refractivity contribution in [3.8, 4) is 0 Å². The number of alkyl carbamates (subject to hydrolysis) is 1. The SMILES string of the molecule is CC(NC(=O)OCc1ccccc1)(C(=O)O)C(C)(C)P(=O)(O)O. The molecule has 0 fully saturated rings. The Hall–Kier alpha value is -1.89. The van der Waals surface area contributed by atoms with Gasteiger partial charge in [0.05, 0.1) is 0 Å². The number of rotatable bonds is 6. The monoisotopic (exact) mass is 345 g/mol. The van der Waals surface area contributed by atoms with Crippen LogP contribution in [0, 0.1) is 0 Å². The van der Waals surface area contributed by atoms with Gasteiger partial charge in [-0.3, -0.25) is 4.57 Å². The number of carboxylic acid groups (broad SMARTS) is 1. The van der Waals surface area contributed by atoms with Gasteiger partial charge in [0.25, 0.3) is 0 Å². The number of carbonyl (C=O) groups excluding carboxylic acids is 1. The summed E-state index contributed by atoms with van der Waals surface area (Å²) in [5.41, 5.74) is -1.53. The van der Waals surface area contributed by atoms with Gasteiger partial charge in [0, 0.05) is 0 Å². The van der Waals surface area contributed by atoms with Crippen LogP contribution in [0.3, 0.4) is 0 Å². The molecule has 1 unspecified atom stereocenters. The molecule has 9 heteroatoms. The summed E-state index contributed by atoms with van der Waals surface area (Å²) in [7, 11) is -4.83. The van der Waals surface area contributed by atoms with Crippen molar-refractivity contribution in [2.45, 2.75) is 38.1 Å². The van der Waals surface area contributed by atoms with E-state index in [0.29, 0.717) is 5.56 Å². The van der Waals surface area contributed by atoms with Gasteiger partial charge < -0.3 is 24.9 Å². The zero-order valence-electron chi connectivity index (χ0n) is 13.0. The average Bonchev–Trinajstić information content (AvgIpc) is 2.44. The molecule has 1 rings (SSSR count). The summed E-state index contributed by atoms with van der Waals surface area (Å²) in [6.07, 6.45) is -1.08. The van der Waals surface area contributed by atoms with E-state index in [1.165, 1.54) is 0 Å². The number of nitrogens with one attached hydrogen (secondary N) is 1. The van der Waals surface area contributed by atoms with E-state index in [0.717, 1.165) is 20.8 Å². The molecule has 1 aromatic rings. The summed E-state index contributed by atoms with van der Waals surface area (Å²) < 4.78 is 16.5. The minimum absolute atomic E-state index is 0.0985. The molecule has 0 radical (unpaired) electrons. The van der Waals surface area contributed by atoms with E-state index >= 15 is 0 Å². The molecule has 0 heterocycles. The van der Waals surface area contributed by atoms with Gasteiger partial charge in [-0.15, -0.1) is 0 Å². The van der Waals surface area contributed by atoms with Gasteiger partial charge in [-0.05, 0) is 26.3 Å². The van der Waals surface area contributed by atoms with Crippen LogP contribution in [0.25, 0.3) is 0 Å². The van der Waals surface area contributed by atoms with Crippen molar-refractivity contribution in [3.05, 3.63) is 35.9 Å². The average molecular weight is 345 g/mol. The third kappa shape index (κ3) is 4.10. The van der Waals surface area contributed by atoms with Crippen LogP contribution in [0.2, 0.25) is 0 Å². The van der Waals surface area contributed by atoms with Gasteiger partial charge in [0.1, 0.15) is 11.8 Å². The number of ether oxygens (including phenoxy) is 1. The van der Waals surface area contributed by atoms with Crippen LogP contribution in [-0.4, -0.2) is 37.7 Å². The molecule has 8 nitrogen and oxygen atoms in total. The molecule has 0 bridgehead atoms. The highest BCUT2D eigenvalue weighted by molar-refractivity contribution is 7.53. The first-order valence-corrected chi connectivity index (χ1v) is 8.31. The lowest BCUT2D eigenvalue weighted by Crippen LogP contribution is -2.64. The van der Waals surface area contributed by atoms with Gasteiger partial charge >= 0.3 is 19.7 Å². The van der Waals surface area contributed by atoms with Crippen LogP contribution in [0.5, 0.6) is 0 Å². The summed E-state index contributed by atoms with van der Waals surface area (Å²) in [6.45, 7) is 3.07. The van der Waals surface area contributed by atoms with Gasteiger partial charge in [-0.2, -0.15) is 0 Å². The van der Waals surface area contributed by atoms with E-state index in [9.17, 15) is 29.0 Å². The maximum atomic E-state index is 11.9. The Labute approximate surface area is 133 Å². The van der Waals surface area contributed by atoms with Crippen molar-refractivity contribution < 1.29 is 33.8 Å². The van der Waals surface area contributed by atoms with Gasteiger partial charge in [-0.25, -0.2) is 9.59 Å². The van der Waals surface area contributed by atoms with Gasteiger partial charge in [-0.1, -0.05) is 30.3 Å². The Balaban J connectivity index is 2.90. The Morgan fingerprint density at radius 2 is 1.70 bits per heavy atom. The molecule has 128 valence electrons. The molecule has 0 saturated carbocycles. The highest BCUT2D eigenvalue weighted by Crippen LogP contribution is 2.55. The molecule has 0 aliphatic carbocycles. The van der Waals surface area contributed by atoms with Crippen molar-refractivity contribution in [2.75, 3.05) is 0 Å². The third-order valence-corrected chi connectivity index (χ3v) is 5.85. The van der Waals surface area contributed by atoms with Crippen molar-refractivity contribution in [1.82, 2.24) is 5.32 Å². The molecular formula is C14H20NO7P. The second kappa shape index (κ2) is 6.70. The van der Waals surface area contributed by atoms with Crippen LogP contribution in [0.15, 0.2) is 30.3 Å². The van der Waals surface area contributed by atoms with E-state index in [4.69, 9.17) is 4.74 Å². The molecule has 0 aromatic heterocycles. The van der Waals surface area contributed by atoms with Crippen molar-refractivity contribution >= 4 is 19.7 Å². The lowest BCUT2D eigenvalue weighted by atomic mass is 9.87. The molecule has 0 aliphatic heterocycles. The second-order valence-corrected chi connectivity index (χ2v) is 7.93. The van der Waals surface area contributed by atoms with E-state index in [1.807, 2.05) is 0 Å². The summed E-state index contributed by atoms with van der Waals surface area (Å²) >= 11 is 0. The van der Waals surface area contributed by atoms with Crippen LogP contribution >= 0.6 is 7.60 Å². The largest absolute Gasteiger partial charge is 0.479 e. The first-order valence-electron chi connectivity index (χ1n) is 6.70. The summed E-state index contributed by atoms with van der Waals surface area (Å²) in [4.78, 5) is 42.2. The minimum atomic E-state index is -4.83. The van der Waals surface area contributed by atoms with E-state index in [2.05, 4.69) is 5.32 Å². The highest BCUT2D eigenvalue weighted by atomic mass is 31.2. The molecular weight excluding hydrogens is 325 g/mol. The number of amides is 1. The molecule has 0 aliphatic rings. The van der Waals surface area contributed by atoms with Gasteiger partial charge in [0.2, 0.25) is 0 Å². The first-order chi connectivity index (χ1) is 10.4. The number of benzene rings is 1. The molecule has 23 heavy (non-hydrogen) atoms. The maximum absolute atomic E-state index is 11.9. The van der Waals surface area contributed by atoms with E-state index in [1.54, 1.807) is 30.3 Å². The van der Waals surface area contributed by atoms with Crippen LogP contribution in [0.1, 0.15) is 26.3 Å². The van der Waals surface area contributed by atoms with E-state index < -0.39 is 30.4 Å². The zero-order chi connectivity index (χ0) is 17.9. The van der Waals surface area contributed by atoms with Crippen molar-refractivity contribution in [3.63, 3.8) is 0 Å². The topological polar surface area (TPSA) is 133 Å². The number of hydrogen-bond donors (Lipinski definition) is 4. The summed E-state index contributed by atoms with van der Waals surface area (Å²) in [5, 5.41) is 9.36. The number of carbonyl (C=O) groups is 2. The molecule has 1 amide bonds. The fraction of sp³-hybridized carbons (Fsp3) is 0.429. The van der Waals surface area contributed by atoms with E-state index in [-0.39, 0.29) is 6.61 Å². The normalized spacial score (nSPS) is 14.7. The summed E-state index contributed by atoms with van der Waals surface area (Å²) in [5.74, 6) is -1.58. The van der Waals surface area contributed by atoms with Crippen LogP contribution in [0.4, 0.5) is 4.79 Å². The Bertz CT molecular complexity index is 625. The molecule has 4 N–H and O–H groups in total. The fourth-order valence-electron chi connectivity index (χ4n) is 1.72. The first kappa shape index (κ1) is 19.2. The fourth-order valence-corrected chi connectivity index (χ4v) is 2.46. The standard InChI is InChI=1S/C14H20NO7P/c1-13(2,23(19,20)21)14(3,11(16)17)15-12(18)22-9-10-7-5-4-6-8-10/h4-8H,9H2,1-3H3,(H,15,18)(H,16,17)(H2,19,20,21). The predicted molar refractivity (Wildman–Crippen MR) is 81.9 cm³/mol. The second-order valence-electron chi connectivity index (χ2n) is 5.72. The van der Waals surface area contributed by atoms with Crippen molar-refractivity contribution in [2.24, 2.45) is 0 Å². The third-order valence-electron chi connectivity index (χ3n) is 3.94. The molecule has 0 saturated heterocycles. The Kier molecular flexibility index (Phi) is 5.58.